The first-order chi connectivity index (χ1) is 21.9. The van der Waals surface area contributed by atoms with Gasteiger partial charge in [0.1, 0.15) is 24.6 Å². The zero-order chi connectivity index (χ0) is 30.9. The van der Waals surface area contributed by atoms with Crippen molar-refractivity contribution in [1.29, 1.82) is 0 Å². The summed E-state index contributed by atoms with van der Waals surface area (Å²) in [5.74, 6) is -0.825. The minimum atomic E-state index is -1.10. The normalized spacial score (nSPS) is 24.2. The molecule has 3 fully saturated rings. The van der Waals surface area contributed by atoms with E-state index in [2.05, 4.69) is 25.6 Å². The minimum Gasteiger partial charge on any atom is -0.478 e. The molecule has 45 heavy (non-hydrogen) atoms. The van der Waals surface area contributed by atoms with Crippen molar-refractivity contribution in [3.63, 3.8) is 0 Å². The van der Waals surface area contributed by atoms with Crippen LogP contribution in [-0.2, 0) is 25.6 Å². The van der Waals surface area contributed by atoms with Crippen molar-refractivity contribution >= 4 is 46.7 Å². The zero-order valence-electron chi connectivity index (χ0n) is 23.8. The first-order valence-electron chi connectivity index (χ1n) is 14.5. The van der Waals surface area contributed by atoms with E-state index in [9.17, 15) is 14.7 Å². The topological polar surface area (TPSA) is 159 Å². The van der Waals surface area contributed by atoms with Crippen molar-refractivity contribution in [1.82, 2.24) is 24.8 Å². The molecule has 14 heteroatoms. The maximum Gasteiger partial charge on any atom is 0.336 e. The molecule has 2 saturated heterocycles. The number of nitrogens with zero attached hydrogens (tertiary/aromatic N) is 4. The Balaban J connectivity index is 1.12. The van der Waals surface area contributed by atoms with E-state index in [1.54, 1.807) is 23.0 Å². The van der Waals surface area contributed by atoms with Gasteiger partial charge in [-0.1, -0.05) is 54.1 Å². The number of aromatic nitrogens is 4. The predicted molar refractivity (Wildman–Crippen MR) is 161 cm³/mol. The van der Waals surface area contributed by atoms with Crippen molar-refractivity contribution in [3.8, 4) is 0 Å². The van der Waals surface area contributed by atoms with E-state index in [1.165, 1.54) is 12.4 Å². The van der Waals surface area contributed by atoms with E-state index in [1.807, 2.05) is 42.5 Å². The third kappa shape index (κ3) is 6.26. The minimum absolute atomic E-state index is 0.0411. The number of ether oxygens (including phenoxy) is 4. The van der Waals surface area contributed by atoms with Gasteiger partial charge in [0.2, 0.25) is 0 Å². The van der Waals surface area contributed by atoms with Gasteiger partial charge in [-0.05, 0) is 36.6 Å². The summed E-state index contributed by atoms with van der Waals surface area (Å²) < 4.78 is 26.8. The van der Waals surface area contributed by atoms with Crippen LogP contribution >= 0.6 is 11.6 Å². The highest BCUT2D eigenvalue weighted by Gasteiger charge is 2.53. The fourth-order valence-corrected chi connectivity index (χ4v) is 5.66. The fourth-order valence-electron chi connectivity index (χ4n) is 5.43. The summed E-state index contributed by atoms with van der Waals surface area (Å²) in [7, 11) is 0. The third-order valence-corrected chi connectivity index (χ3v) is 8.12. The number of hydrogen-bond donors (Lipinski definition) is 3. The summed E-state index contributed by atoms with van der Waals surface area (Å²) in [4.78, 5) is 37.3. The molecule has 2 aromatic carbocycles. The second-order valence-electron chi connectivity index (χ2n) is 10.9. The van der Waals surface area contributed by atoms with Gasteiger partial charge in [-0.2, -0.15) is 0 Å². The Morgan fingerprint density at radius 2 is 1.87 bits per heavy atom. The second-order valence-corrected chi connectivity index (χ2v) is 11.3. The van der Waals surface area contributed by atoms with E-state index in [0.29, 0.717) is 21.7 Å². The average Bonchev–Trinajstić information content (AvgIpc) is 3.43. The number of anilines is 1. The molecular formula is C31H29ClN6O7. The van der Waals surface area contributed by atoms with Crippen LogP contribution in [0, 0.1) is 0 Å². The monoisotopic (exact) mass is 632 g/mol. The summed E-state index contributed by atoms with van der Waals surface area (Å²) in [5.41, 5.74) is 2.25. The van der Waals surface area contributed by atoms with E-state index in [4.69, 9.17) is 30.5 Å². The second kappa shape index (κ2) is 12.5. The maximum atomic E-state index is 12.4. The van der Waals surface area contributed by atoms with Gasteiger partial charge in [0.25, 0.3) is 0 Å². The van der Waals surface area contributed by atoms with Crippen LogP contribution in [0.5, 0.6) is 0 Å². The zero-order valence-corrected chi connectivity index (χ0v) is 24.5. The van der Waals surface area contributed by atoms with Crippen LogP contribution in [0.15, 0.2) is 67.3 Å². The lowest BCUT2D eigenvalue weighted by Crippen LogP contribution is -2.32. The fraction of sp³-hybridized carbons (Fsp3) is 0.323. The number of aromatic carboxylic acids is 1. The molecule has 13 nitrogen and oxygen atoms in total. The van der Waals surface area contributed by atoms with Gasteiger partial charge in [0, 0.05) is 16.6 Å². The first kappa shape index (κ1) is 29.3. The van der Waals surface area contributed by atoms with Crippen molar-refractivity contribution < 1.29 is 33.6 Å². The highest BCUT2D eigenvalue weighted by Crippen LogP contribution is 2.41. The van der Waals surface area contributed by atoms with Crippen LogP contribution in [0.3, 0.4) is 0 Å². The van der Waals surface area contributed by atoms with Gasteiger partial charge in [0.05, 0.1) is 25.1 Å². The van der Waals surface area contributed by atoms with Gasteiger partial charge in [0.15, 0.2) is 29.5 Å². The number of carbonyl (C=O) groups is 2. The molecule has 4 unspecified atom stereocenters. The number of urea groups is 1. The lowest BCUT2D eigenvalue weighted by molar-refractivity contribution is -0.139. The third-order valence-electron chi connectivity index (χ3n) is 7.77. The molecular weight excluding hydrogens is 604 g/mol. The Kier molecular flexibility index (Phi) is 8.17. The molecule has 4 heterocycles. The van der Waals surface area contributed by atoms with E-state index in [-0.39, 0.29) is 36.7 Å². The van der Waals surface area contributed by atoms with Crippen LogP contribution in [-0.4, -0.2) is 73.9 Å². The van der Waals surface area contributed by atoms with Crippen LogP contribution in [0.2, 0.25) is 5.02 Å². The number of fused-ring (bicyclic) bond motifs is 2. The Morgan fingerprint density at radius 3 is 2.67 bits per heavy atom. The number of carbonyl (C=O) groups excluding carboxylic acids is 1. The van der Waals surface area contributed by atoms with E-state index < -0.39 is 36.8 Å². The number of halogens is 1. The van der Waals surface area contributed by atoms with Gasteiger partial charge in [-0.25, -0.2) is 24.5 Å². The molecule has 4 aromatic rings. The molecule has 3 N–H and O–H groups in total. The molecule has 0 bridgehead atoms. The number of amides is 2. The number of imidazole rings is 1. The molecule has 2 amide bonds. The van der Waals surface area contributed by atoms with Crippen LogP contribution in [0.25, 0.3) is 17.2 Å². The van der Waals surface area contributed by atoms with Gasteiger partial charge in [-0.3, -0.25) is 9.88 Å². The number of carboxylic acid groups (broad SMARTS) is 1. The highest BCUT2D eigenvalue weighted by atomic mass is 35.5. The Bertz CT molecular complexity index is 1750. The molecule has 3 aliphatic rings. The van der Waals surface area contributed by atoms with E-state index >= 15 is 0 Å². The van der Waals surface area contributed by atoms with E-state index in [0.717, 1.165) is 18.4 Å². The standard InChI is InChI=1S/C31H29ClN6O7/c32-21-8-4-7-19(30(39)40)20(21)13-42-14-22-25-26(45-23(44-25)12-9-17-5-2-1-3-6-17)29(43-22)38-16-35-24-27(33-15-34-28(24)38)37-31(41)36-18-10-11-18/h1-9,12,15-16,18,22-23,25-26,29H,10-11,13-14H2,(H,39,40)(H2,33,34,36,37,41)/t22?,23-,25?,26?,29?/m0/s1. The number of rotatable bonds is 10. The molecule has 232 valence electrons. The average molecular weight is 633 g/mol. The van der Waals surface area contributed by atoms with Crippen molar-refractivity contribution in [3.05, 3.63) is 89.0 Å². The Labute approximate surface area is 262 Å². The lowest BCUT2D eigenvalue weighted by atomic mass is 10.1. The van der Waals surface area contributed by atoms with Gasteiger partial charge in [-0.15, -0.1) is 0 Å². The van der Waals surface area contributed by atoms with Crippen LogP contribution in [0.4, 0.5) is 10.6 Å². The van der Waals surface area contributed by atoms with Crippen LogP contribution in [0.1, 0.15) is 40.6 Å². The number of hydrogen-bond acceptors (Lipinski definition) is 9. The SMILES string of the molecule is O=C(Nc1ncnc2c1ncn2C1OC(COCc2c(Cl)cccc2C(=O)O)C2O[C@H](C=Cc3ccccc3)OC21)NC1CC1. The largest absolute Gasteiger partial charge is 0.478 e. The summed E-state index contributed by atoms with van der Waals surface area (Å²) in [6, 6.07) is 14.3. The number of nitrogens with one attached hydrogen (secondary N) is 2. The smallest absolute Gasteiger partial charge is 0.336 e. The van der Waals surface area contributed by atoms with Gasteiger partial charge >= 0.3 is 12.0 Å². The predicted octanol–water partition coefficient (Wildman–Crippen LogP) is 4.40. The molecule has 5 atom stereocenters. The number of benzene rings is 2. The van der Waals surface area contributed by atoms with Crippen molar-refractivity contribution in [2.45, 2.75) is 56.3 Å². The molecule has 0 spiro atoms. The van der Waals surface area contributed by atoms with Gasteiger partial charge < -0.3 is 29.4 Å². The maximum absolute atomic E-state index is 12.4. The first-order valence-corrected chi connectivity index (χ1v) is 14.9. The Hall–Kier alpha value is -4.40. The molecule has 2 aliphatic heterocycles. The molecule has 1 saturated carbocycles. The molecule has 0 radical (unpaired) electrons. The van der Waals surface area contributed by atoms with Crippen molar-refractivity contribution in [2.75, 3.05) is 11.9 Å². The summed E-state index contributed by atoms with van der Waals surface area (Å²) in [6.45, 7) is 0.0246. The Morgan fingerprint density at radius 1 is 1.04 bits per heavy atom. The summed E-state index contributed by atoms with van der Waals surface area (Å²) >= 11 is 6.30. The van der Waals surface area contributed by atoms with Crippen molar-refractivity contribution in [2.24, 2.45) is 0 Å². The number of carboxylic acids is 1. The molecule has 1 aliphatic carbocycles. The molecule has 2 aromatic heterocycles. The highest BCUT2D eigenvalue weighted by molar-refractivity contribution is 6.31. The molecule has 7 rings (SSSR count). The quantitative estimate of drug-likeness (QED) is 0.229. The van der Waals surface area contributed by atoms with Crippen LogP contribution < -0.4 is 10.6 Å². The summed E-state index contributed by atoms with van der Waals surface area (Å²) in [6.07, 6.45) is 5.51. The summed E-state index contributed by atoms with van der Waals surface area (Å²) in [5, 5.41) is 15.5. The lowest BCUT2D eigenvalue weighted by Gasteiger charge is -2.20.